The number of carbonyl (C=O) groups excluding carboxylic acids is 1. The van der Waals surface area contributed by atoms with Crippen molar-refractivity contribution in [1.82, 2.24) is 15.0 Å². The number of nitrogens with zero attached hydrogens (tertiary/aromatic N) is 3. The minimum Gasteiger partial charge on any atom is -0.476 e. The van der Waals surface area contributed by atoms with Crippen LogP contribution >= 0.6 is 0 Å². The van der Waals surface area contributed by atoms with Crippen molar-refractivity contribution in [2.45, 2.75) is 39.7 Å². The normalized spacial score (nSPS) is 10.5. The number of hydrogen-bond donors (Lipinski definition) is 2. The number of carboxylic acid groups (broad SMARTS) is 1. The van der Waals surface area contributed by atoms with E-state index in [4.69, 9.17) is 5.11 Å². The van der Waals surface area contributed by atoms with Gasteiger partial charge >= 0.3 is 5.97 Å². The quantitative estimate of drug-likeness (QED) is 0.815. The molecule has 0 aliphatic carbocycles. The largest absolute Gasteiger partial charge is 0.476 e. The van der Waals surface area contributed by atoms with E-state index in [-0.39, 0.29) is 18.1 Å². The zero-order valence-electron chi connectivity index (χ0n) is 13.2. The highest BCUT2D eigenvalue weighted by atomic mass is 16.4. The van der Waals surface area contributed by atoms with Crippen molar-refractivity contribution in [3.05, 3.63) is 41.2 Å². The van der Waals surface area contributed by atoms with E-state index in [1.165, 1.54) is 10.2 Å². The molecule has 0 aliphatic heterocycles. The van der Waals surface area contributed by atoms with Crippen LogP contribution < -0.4 is 5.32 Å². The smallest absolute Gasteiger partial charge is 0.358 e. The van der Waals surface area contributed by atoms with E-state index in [1.807, 2.05) is 31.2 Å². The van der Waals surface area contributed by atoms with Gasteiger partial charge in [0.05, 0.1) is 5.69 Å². The first-order valence-electron chi connectivity index (χ1n) is 7.59. The zero-order chi connectivity index (χ0) is 16.8. The van der Waals surface area contributed by atoms with Gasteiger partial charge in [-0.15, -0.1) is 5.10 Å². The Hall–Kier alpha value is -2.70. The van der Waals surface area contributed by atoms with Crippen LogP contribution in [-0.2, 0) is 24.2 Å². The lowest BCUT2D eigenvalue weighted by atomic mass is 10.1. The molecule has 0 unspecified atom stereocenters. The number of aryl methyl sites for hydroxylation is 1. The van der Waals surface area contributed by atoms with Crippen molar-refractivity contribution in [2.24, 2.45) is 0 Å². The minimum atomic E-state index is -1.13. The second-order valence-electron chi connectivity index (χ2n) is 5.20. The highest BCUT2D eigenvalue weighted by Gasteiger charge is 2.19. The van der Waals surface area contributed by atoms with Crippen molar-refractivity contribution in [2.75, 3.05) is 5.32 Å². The second-order valence-corrected chi connectivity index (χ2v) is 5.20. The van der Waals surface area contributed by atoms with Gasteiger partial charge in [0.2, 0.25) is 5.91 Å². The van der Waals surface area contributed by atoms with Gasteiger partial charge in [-0.3, -0.25) is 4.79 Å². The molecule has 1 aromatic heterocycles. The summed E-state index contributed by atoms with van der Waals surface area (Å²) in [5.41, 5.74) is 2.27. The van der Waals surface area contributed by atoms with Gasteiger partial charge in [0.15, 0.2) is 5.69 Å². The van der Waals surface area contributed by atoms with Gasteiger partial charge in [-0.25, -0.2) is 9.48 Å². The number of amides is 1. The SMILES string of the molecule is CCCc1c(C(=O)O)nnn1CC(=O)Nc1ccc(CC)cc1. The third-order valence-corrected chi connectivity index (χ3v) is 3.47. The van der Waals surface area contributed by atoms with E-state index >= 15 is 0 Å². The Morgan fingerprint density at radius 1 is 1.22 bits per heavy atom. The summed E-state index contributed by atoms with van der Waals surface area (Å²) in [6.07, 6.45) is 2.19. The average Bonchev–Trinajstić information content (AvgIpc) is 2.91. The topological polar surface area (TPSA) is 97.1 Å². The van der Waals surface area contributed by atoms with Gasteiger partial charge in [-0.05, 0) is 30.5 Å². The van der Waals surface area contributed by atoms with Crippen molar-refractivity contribution in [3.8, 4) is 0 Å². The van der Waals surface area contributed by atoms with Gasteiger partial charge < -0.3 is 10.4 Å². The second kappa shape index (κ2) is 7.53. The molecule has 2 rings (SSSR count). The summed E-state index contributed by atoms with van der Waals surface area (Å²) >= 11 is 0. The van der Waals surface area contributed by atoms with Crippen molar-refractivity contribution >= 4 is 17.6 Å². The number of benzene rings is 1. The number of aromatic nitrogens is 3. The third kappa shape index (κ3) is 4.15. The zero-order valence-corrected chi connectivity index (χ0v) is 13.2. The Bertz CT molecular complexity index is 692. The van der Waals surface area contributed by atoms with Crippen LogP contribution in [0.25, 0.3) is 0 Å². The average molecular weight is 316 g/mol. The molecule has 7 heteroatoms. The molecule has 0 saturated heterocycles. The Kier molecular flexibility index (Phi) is 5.46. The predicted molar refractivity (Wildman–Crippen MR) is 85.4 cm³/mol. The van der Waals surface area contributed by atoms with E-state index in [0.717, 1.165) is 12.8 Å². The first kappa shape index (κ1) is 16.7. The first-order chi connectivity index (χ1) is 11.0. The summed E-state index contributed by atoms with van der Waals surface area (Å²) < 4.78 is 1.35. The molecule has 2 N–H and O–H groups in total. The number of carboxylic acids is 1. The molecule has 1 heterocycles. The number of nitrogens with one attached hydrogen (secondary N) is 1. The van der Waals surface area contributed by atoms with E-state index in [2.05, 4.69) is 22.6 Å². The molecule has 1 amide bonds. The fraction of sp³-hybridized carbons (Fsp3) is 0.375. The van der Waals surface area contributed by atoms with E-state index in [0.29, 0.717) is 17.8 Å². The maximum absolute atomic E-state index is 12.1. The van der Waals surface area contributed by atoms with Crippen LogP contribution in [0.4, 0.5) is 5.69 Å². The Morgan fingerprint density at radius 2 is 1.91 bits per heavy atom. The van der Waals surface area contributed by atoms with E-state index in [9.17, 15) is 9.59 Å². The first-order valence-corrected chi connectivity index (χ1v) is 7.59. The monoisotopic (exact) mass is 316 g/mol. The molecule has 0 atom stereocenters. The van der Waals surface area contributed by atoms with Crippen LogP contribution in [0.2, 0.25) is 0 Å². The van der Waals surface area contributed by atoms with E-state index < -0.39 is 5.97 Å². The number of rotatable bonds is 7. The fourth-order valence-corrected chi connectivity index (χ4v) is 2.27. The predicted octanol–water partition coefficient (Wildman–Crippen LogP) is 2.13. The van der Waals surface area contributed by atoms with Crippen molar-refractivity contribution in [1.29, 1.82) is 0 Å². The molecular formula is C16H20N4O3. The highest BCUT2D eigenvalue weighted by molar-refractivity contribution is 5.91. The molecular weight excluding hydrogens is 296 g/mol. The lowest BCUT2D eigenvalue weighted by Gasteiger charge is -2.08. The van der Waals surface area contributed by atoms with Crippen LogP contribution in [0.3, 0.4) is 0 Å². The van der Waals surface area contributed by atoms with Gasteiger partial charge in [-0.1, -0.05) is 37.6 Å². The Morgan fingerprint density at radius 3 is 2.48 bits per heavy atom. The summed E-state index contributed by atoms with van der Waals surface area (Å²) in [4.78, 5) is 23.3. The molecule has 2 aromatic rings. The standard InChI is InChI=1S/C16H20N4O3/c1-3-5-13-15(16(22)23)18-19-20(13)10-14(21)17-12-8-6-11(4-2)7-9-12/h6-9H,3-5,10H2,1-2H3,(H,17,21)(H,22,23). The molecule has 23 heavy (non-hydrogen) atoms. The summed E-state index contributed by atoms with van der Waals surface area (Å²) in [6.45, 7) is 3.93. The molecule has 122 valence electrons. The maximum Gasteiger partial charge on any atom is 0.358 e. The van der Waals surface area contributed by atoms with Crippen LogP contribution in [-0.4, -0.2) is 32.0 Å². The molecule has 0 fully saturated rings. The summed E-state index contributed by atoms with van der Waals surface area (Å²) in [5, 5.41) is 19.3. The molecule has 0 spiro atoms. The molecule has 1 aromatic carbocycles. The molecule has 7 nitrogen and oxygen atoms in total. The fourth-order valence-electron chi connectivity index (χ4n) is 2.27. The van der Waals surface area contributed by atoms with Crippen molar-refractivity contribution in [3.63, 3.8) is 0 Å². The molecule has 0 saturated carbocycles. The summed E-state index contributed by atoms with van der Waals surface area (Å²) in [7, 11) is 0. The Balaban J connectivity index is 2.08. The van der Waals surface area contributed by atoms with E-state index in [1.54, 1.807) is 0 Å². The maximum atomic E-state index is 12.1. The van der Waals surface area contributed by atoms with Crippen molar-refractivity contribution < 1.29 is 14.7 Å². The molecule has 0 radical (unpaired) electrons. The van der Waals surface area contributed by atoms with Crippen LogP contribution in [0.5, 0.6) is 0 Å². The summed E-state index contributed by atoms with van der Waals surface area (Å²) in [5.74, 6) is -1.40. The molecule has 0 bridgehead atoms. The third-order valence-electron chi connectivity index (χ3n) is 3.47. The van der Waals surface area contributed by atoms with Crippen LogP contribution in [0.1, 0.15) is 42.0 Å². The summed E-state index contributed by atoms with van der Waals surface area (Å²) in [6, 6.07) is 7.59. The number of aromatic carboxylic acids is 1. The lowest BCUT2D eigenvalue weighted by molar-refractivity contribution is -0.117. The van der Waals surface area contributed by atoms with Crippen LogP contribution in [0, 0.1) is 0 Å². The number of anilines is 1. The lowest BCUT2D eigenvalue weighted by Crippen LogP contribution is -2.21. The van der Waals surface area contributed by atoms with Gasteiger partial charge in [0.1, 0.15) is 6.54 Å². The Labute approximate surface area is 134 Å². The van der Waals surface area contributed by atoms with Gasteiger partial charge in [0, 0.05) is 5.69 Å². The van der Waals surface area contributed by atoms with Gasteiger partial charge in [0.25, 0.3) is 0 Å². The molecule has 0 aliphatic rings. The highest BCUT2D eigenvalue weighted by Crippen LogP contribution is 2.12. The minimum absolute atomic E-state index is 0.0643. The van der Waals surface area contributed by atoms with Gasteiger partial charge in [-0.2, -0.15) is 0 Å². The number of hydrogen-bond acceptors (Lipinski definition) is 4. The number of carbonyl (C=O) groups is 2. The van der Waals surface area contributed by atoms with Crippen LogP contribution in [0.15, 0.2) is 24.3 Å².